The monoisotopic (exact) mass is 268 g/mol. The van der Waals surface area contributed by atoms with Crippen LogP contribution in [0.2, 0.25) is 0 Å². The van der Waals surface area contributed by atoms with Gasteiger partial charge in [-0.25, -0.2) is 0 Å². The molecule has 19 heavy (non-hydrogen) atoms. The Morgan fingerprint density at radius 3 is 2.21 bits per heavy atom. The van der Waals surface area contributed by atoms with Crippen molar-refractivity contribution < 1.29 is 9.59 Å². The fraction of sp³-hybridized carbons (Fsp3) is 0.867. The lowest BCUT2D eigenvalue weighted by atomic mass is 9.80. The number of hydrogen-bond donors (Lipinski definition) is 1. The molecule has 1 N–H and O–H groups in total. The van der Waals surface area contributed by atoms with Crippen molar-refractivity contribution in [3.63, 3.8) is 0 Å². The number of piperazine rings is 1. The molecule has 0 aromatic carbocycles. The SMILES string of the molecule is CCC1(C)C(=O)NC(C(C)(C)C)C(=O)N1CC(C)C. The highest BCUT2D eigenvalue weighted by Crippen LogP contribution is 2.31. The Bertz CT molecular complexity index is 371. The van der Waals surface area contributed by atoms with Gasteiger partial charge in [0.25, 0.3) is 0 Å². The molecule has 0 radical (unpaired) electrons. The van der Waals surface area contributed by atoms with Crippen LogP contribution in [-0.2, 0) is 9.59 Å². The van der Waals surface area contributed by atoms with Gasteiger partial charge >= 0.3 is 0 Å². The third-order valence-corrected chi connectivity index (χ3v) is 3.98. The van der Waals surface area contributed by atoms with Crippen LogP contribution in [0.4, 0.5) is 0 Å². The number of carbonyl (C=O) groups excluding carboxylic acids is 2. The summed E-state index contributed by atoms with van der Waals surface area (Å²) in [6.07, 6.45) is 0.633. The summed E-state index contributed by atoms with van der Waals surface area (Å²) in [6, 6.07) is -0.432. The minimum atomic E-state index is -0.719. The molecule has 0 bridgehead atoms. The van der Waals surface area contributed by atoms with Crippen LogP contribution in [0.15, 0.2) is 0 Å². The van der Waals surface area contributed by atoms with Crippen LogP contribution < -0.4 is 5.32 Å². The topological polar surface area (TPSA) is 49.4 Å². The van der Waals surface area contributed by atoms with E-state index in [9.17, 15) is 9.59 Å². The zero-order valence-corrected chi connectivity index (χ0v) is 13.3. The van der Waals surface area contributed by atoms with E-state index >= 15 is 0 Å². The van der Waals surface area contributed by atoms with Crippen molar-refractivity contribution in [3.8, 4) is 0 Å². The smallest absolute Gasteiger partial charge is 0.246 e. The van der Waals surface area contributed by atoms with E-state index in [1.807, 2.05) is 34.6 Å². The molecule has 1 fully saturated rings. The molecule has 4 heteroatoms. The highest BCUT2D eigenvalue weighted by atomic mass is 16.2. The van der Waals surface area contributed by atoms with E-state index < -0.39 is 11.6 Å². The van der Waals surface area contributed by atoms with E-state index in [0.29, 0.717) is 18.9 Å². The van der Waals surface area contributed by atoms with Gasteiger partial charge in [-0.1, -0.05) is 41.5 Å². The molecule has 2 unspecified atom stereocenters. The highest BCUT2D eigenvalue weighted by Gasteiger charge is 2.51. The molecular formula is C15H28N2O2. The summed E-state index contributed by atoms with van der Waals surface area (Å²) in [5, 5.41) is 2.92. The maximum absolute atomic E-state index is 12.7. The summed E-state index contributed by atoms with van der Waals surface area (Å²) in [5.74, 6) is 0.363. The maximum atomic E-state index is 12.7. The van der Waals surface area contributed by atoms with Crippen molar-refractivity contribution in [2.45, 2.75) is 66.5 Å². The van der Waals surface area contributed by atoms with Crippen molar-refractivity contribution >= 4 is 11.8 Å². The molecule has 1 aliphatic rings. The van der Waals surface area contributed by atoms with Crippen molar-refractivity contribution in [2.24, 2.45) is 11.3 Å². The Morgan fingerprint density at radius 2 is 1.84 bits per heavy atom. The molecule has 1 heterocycles. The lowest BCUT2D eigenvalue weighted by Crippen LogP contribution is -2.72. The average Bonchev–Trinajstić information content (AvgIpc) is 2.27. The molecule has 0 spiro atoms. The fourth-order valence-corrected chi connectivity index (χ4v) is 2.46. The Hall–Kier alpha value is -1.06. The standard InChI is InChI=1S/C15H28N2O2/c1-8-15(7)13(19)16-11(14(4,5)6)12(18)17(15)9-10(2)3/h10-11H,8-9H2,1-7H3,(H,16,19). The number of amides is 2. The van der Waals surface area contributed by atoms with Gasteiger partial charge in [-0.15, -0.1) is 0 Å². The lowest BCUT2D eigenvalue weighted by Gasteiger charge is -2.49. The summed E-state index contributed by atoms with van der Waals surface area (Å²) >= 11 is 0. The van der Waals surface area contributed by atoms with E-state index in [0.717, 1.165) is 0 Å². The molecule has 0 saturated carbocycles. The van der Waals surface area contributed by atoms with Gasteiger partial charge in [0, 0.05) is 6.54 Å². The van der Waals surface area contributed by atoms with E-state index in [1.165, 1.54) is 0 Å². The first-order valence-electron chi connectivity index (χ1n) is 7.16. The van der Waals surface area contributed by atoms with Gasteiger partial charge < -0.3 is 10.2 Å². The summed E-state index contributed by atoms with van der Waals surface area (Å²) in [6.45, 7) is 14.5. The molecule has 2 atom stereocenters. The molecular weight excluding hydrogens is 240 g/mol. The van der Waals surface area contributed by atoms with E-state index in [1.54, 1.807) is 4.90 Å². The Kier molecular flexibility index (Phi) is 4.33. The minimum Gasteiger partial charge on any atom is -0.342 e. The first-order chi connectivity index (χ1) is 8.54. The van der Waals surface area contributed by atoms with Crippen molar-refractivity contribution in [1.82, 2.24) is 10.2 Å². The largest absolute Gasteiger partial charge is 0.342 e. The molecule has 110 valence electrons. The summed E-state index contributed by atoms with van der Waals surface area (Å²) < 4.78 is 0. The van der Waals surface area contributed by atoms with Gasteiger partial charge in [-0.2, -0.15) is 0 Å². The summed E-state index contributed by atoms with van der Waals surface area (Å²) in [5.41, 5.74) is -0.986. The van der Waals surface area contributed by atoms with Gasteiger partial charge in [0.2, 0.25) is 11.8 Å². The van der Waals surface area contributed by atoms with Gasteiger partial charge in [0.05, 0.1) is 0 Å². The first kappa shape index (κ1) is 16.0. The highest BCUT2D eigenvalue weighted by molar-refractivity contribution is 5.99. The molecule has 0 aromatic heterocycles. The number of hydrogen-bond acceptors (Lipinski definition) is 2. The predicted molar refractivity (Wildman–Crippen MR) is 76.6 cm³/mol. The molecule has 1 saturated heterocycles. The van der Waals surface area contributed by atoms with Crippen molar-refractivity contribution in [1.29, 1.82) is 0 Å². The molecule has 0 aromatic rings. The van der Waals surface area contributed by atoms with E-state index in [2.05, 4.69) is 19.2 Å². The average molecular weight is 268 g/mol. The van der Waals surface area contributed by atoms with Crippen LogP contribution in [0.1, 0.15) is 54.9 Å². The molecule has 2 amide bonds. The first-order valence-corrected chi connectivity index (χ1v) is 7.16. The number of rotatable bonds is 3. The predicted octanol–water partition coefficient (Wildman–Crippen LogP) is 2.18. The van der Waals surface area contributed by atoms with Crippen LogP contribution in [0.5, 0.6) is 0 Å². The van der Waals surface area contributed by atoms with Gasteiger partial charge in [0.1, 0.15) is 11.6 Å². The molecule has 0 aliphatic carbocycles. The van der Waals surface area contributed by atoms with E-state index in [4.69, 9.17) is 0 Å². The van der Waals surface area contributed by atoms with Crippen LogP contribution in [-0.4, -0.2) is 34.8 Å². The fourth-order valence-electron chi connectivity index (χ4n) is 2.46. The number of carbonyl (C=O) groups is 2. The van der Waals surface area contributed by atoms with E-state index in [-0.39, 0.29) is 17.2 Å². The van der Waals surface area contributed by atoms with Crippen molar-refractivity contribution in [3.05, 3.63) is 0 Å². The minimum absolute atomic E-state index is 0.0322. The van der Waals surface area contributed by atoms with Crippen molar-refractivity contribution in [2.75, 3.05) is 6.54 Å². The zero-order chi connectivity index (χ0) is 15.0. The Labute approximate surface area is 116 Å². The van der Waals surface area contributed by atoms with Gasteiger partial charge in [-0.05, 0) is 24.7 Å². The Morgan fingerprint density at radius 1 is 1.32 bits per heavy atom. The molecule has 1 aliphatic heterocycles. The van der Waals surface area contributed by atoms with Crippen LogP contribution in [0, 0.1) is 11.3 Å². The van der Waals surface area contributed by atoms with Gasteiger partial charge in [0.15, 0.2) is 0 Å². The second-order valence-corrected chi connectivity index (χ2v) is 7.24. The van der Waals surface area contributed by atoms with Gasteiger partial charge in [-0.3, -0.25) is 9.59 Å². The second kappa shape index (κ2) is 5.14. The Balaban J connectivity index is 3.16. The third-order valence-electron chi connectivity index (χ3n) is 3.98. The molecule has 4 nitrogen and oxygen atoms in total. The number of nitrogens with zero attached hydrogens (tertiary/aromatic N) is 1. The summed E-state index contributed by atoms with van der Waals surface area (Å²) in [4.78, 5) is 27.0. The maximum Gasteiger partial charge on any atom is 0.246 e. The number of nitrogens with one attached hydrogen (secondary N) is 1. The summed E-state index contributed by atoms with van der Waals surface area (Å²) in [7, 11) is 0. The van der Waals surface area contributed by atoms with Crippen LogP contribution >= 0.6 is 0 Å². The normalized spacial score (nSPS) is 28.8. The quantitative estimate of drug-likeness (QED) is 0.853. The zero-order valence-electron chi connectivity index (χ0n) is 13.3. The third kappa shape index (κ3) is 2.93. The van der Waals surface area contributed by atoms with Crippen LogP contribution in [0.25, 0.3) is 0 Å². The second-order valence-electron chi connectivity index (χ2n) is 7.24. The van der Waals surface area contributed by atoms with Crippen LogP contribution in [0.3, 0.4) is 0 Å². The molecule has 1 rings (SSSR count). The lowest BCUT2D eigenvalue weighted by molar-refractivity contribution is -0.160.